The van der Waals surface area contributed by atoms with Crippen molar-refractivity contribution in [1.29, 1.82) is 0 Å². The number of carbonyl (C=O) groups excluding carboxylic acids is 3. The lowest BCUT2D eigenvalue weighted by molar-refractivity contribution is -0.149. The van der Waals surface area contributed by atoms with Gasteiger partial charge in [-0.05, 0) is 25.7 Å². The number of esters is 1. The first kappa shape index (κ1) is 13.2. The average molecular weight is 252 g/mol. The van der Waals surface area contributed by atoms with Crippen molar-refractivity contribution in [2.45, 2.75) is 51.9 Å². The smallest absolute Gasteiger partial charge is 0.306 e. The molecule has 2 saturated carbocycles. The molecular weight excluding hydrogens is 232 g/mol. The van der Waals surface area contributed by atoms with E-state index in [1.54, 1.807) is 6.92 Å². The van der Waals surface area contributed by atoms with E-state index in [1.807, 2.05) is 0 Å². The third kappa shape index (κ3) is 2.08. The Kier molecular flexibility index (Phi) is 3.83. The summed E-state index contributed by atoms with van der Waals surface area (Å²) in [5, 5.41) is 0. The minimum absolute atomic E-state index is 0.0569. The van der Waals surface area contributed by atoms with E-state index in [4.69, 9.17) is 4.74 Å². The lowest BCUT2D eigenvalue weighted by Crippen LogP contribution is -2.44. The van der Waals surface area contributed by atoms with Crippen LogP contribution in [0, 0.1) is 11.3 Å². The van der Waals surface area contributed by atoms with Crippen molar-refractivity contribution in [3.05, 3.63) is 0 Å². The maximum Gasteiger partial charge on any atom is 0.306 e. The second kappa shape index (κ2) is 5.21. The third-order valence-electron chi connectivity index (χ3n) is 4.36. The molecule has 0 aliphatic heterocycles. The molecular formula is C14H20O4. The highest BCUT2D eigenvalue weighted by atomic mass is 16.5. The van der Waals surface area contributed by atoms with Gasteiger partial charge in [-0.25, -0.2) is 0 Å². The van der Waals surface area contributed by atoms with Crippen molar-refractivity contribution < 1.29 is 19.1 Å². The van der Waals surface area contributed by atoms with Gasteiger partial charge in [-0.2, -0.15) is 0 Å². The van der Waals surface area contributed by atoms with Crippen molar-refractivity contribution in [2.75, 3.05) is 6.61 Å². The van der Waals surface area contributed by atoms with Crippen LogP contribution >= 0.6 is 0 Å². The minimum atomic E-state index is -0.842. The van der Waals surface area contributed by atoms with Crippen molar-refractivity contribution in [1.82, 2.24) is 0 Å². The maximum atomic E-state index is 12.1. The molecule has 0 aromatic rings. The van der Waals surface area contributed by atoms with Crippen LogP contribution in [-0.2, 0) is 19.1 Å². The predicted octanol–water partition coefficient (Wildman–Crippen LogP) is 2.05. The number of ketones is 2. The van der Waals surface area contributed by atoms with Gasteiger partial charge in [0.2, 0.25) is 0 Å². The number of carbonyl (C=O) groups is 3. The van der Waals surface area contributed by atoms with Gasteiger partial charge in [-0.3, -0.25) is 14.4 Å². The van der Waals surface area contributed by atoms with Crippen LogP contribution in [0.5, 0.6) is 0 Å². The molecule has 4 nitrogen and oxygen atoms in total. The standard InChI is InChI=1S/C14H20O4/c1-2-18-13(17)9-10-5-3-4-8-14(10)11(15)6-7-12(14)16/h10H,2-9H2,1H3. The van der Waals surface area contributed by atoms with E-state index in [9.17, 15) is 14.4 Å². The van der Waals surface area contributed by atoms with E-state index in [-0.39, 0.29) is 29.9 Å². The Balaban J connectivity index is 2.18. The molecule has 0 aromatic heterocycles. The van der Waals surface area contributed by atoms with Crippen LogP contribution in [0.1, 0.15) is 51.9 Å². The van der Waals surface area contributed by atoms with E-state index in [0.29, 0.717) is 25.9 Å². The summed E-state index contributed by atoms with van der Waals surface area (Å²) in [6.45, 7) is 2.11. The highest BCUT2D eigenvalue weighted by molar-refractivity contribution is 6.13. The number of ether oxygens (including phenoxy) is 1. The molecule has 1 spiro atoms. The quantitative estimate of drug-likeness (QED) is 0.569. The predicted molar refractivity (Wildman–Crippen MR) is 64.9 cm³/mol. The van der Waals surface area contributed by atoms with Gasteiger partial charge in [0.1, 0.15) is 11.6 Å². The summed E-state index contributed by atoms with van der Waals surface area (Å²) in [7, 11) is 0. The Morgan fingerprint density at radius 2 is 1.94 bits per heavy atom. The lowest BCUT2D eigenvalue weighted by Gasteiger charge is -2.38. The fraction of sp³-hybridized carbons (Fsp3) is 0.786. The van der Waals surface area contributed by atoms with Crippen molar-refractivity contribution in [3.63, 3.8) is 0 Å². The van der Waals surface area contributed by atoms with Gasteiger partial charge in [-0.15, -0.1) is 0 Å². The molecule has 2 rings (SSSR count). The topological polar surface area (TPSA) is 60.4 Å². The van der Waals surface area contributed by atoms with Crippen LogP contribution in [0.2, 0.25) is 0 Å². The number of Topliss-reactive ketones (excluding diaryl/α,β-unsaturated/α-hetero) is 2. The summed E-state index contributed by atoms with van der Waals surface area (Å²) >= 11 is 0. The molecule has 0 radical (unpaired) electrons. The lowest BCUT2D eigenvalue weighted by atomic mass is 9.63. The fourth-order valence-corrected chi connectivity index (χ4v) is 3.51. The summed E-state index contributed by atoms with van der Waals surface area (Å²) in [5.41, 5.74) is -0.842. The first-order valence-corrected chi connectivity index (χ1v) is 6.83. The highest BCUT2D eigenvalue weighted by Gasteiger charge is 2.55. The molecule has 1 unspecified atom stereocenters. The van der Waals surface area contributed by atoms with E-state index in [0.717, 1.165) is 19.3 Å². The molecule has 0 saturated heterocycles. The van der Waals surface area contributed by atoms with E-state index >= 15 is 0 Å². The first-order chi connectivity index (χ1) is 8.61. The second-order valence-electron chi connectivity index (χ2n) is 5.27. The minimum Gasteiger partial charge on any atom is -0.466 e. The van der Waals surface area contributed by atoms with Crippen LogP contribution in [0.3, 0.4) is 0 Å². The summed E-state index contributed by atoms with van der Waals surface area (Å²) in [5.74, 6) is -0.299. The third-order valence-corrected chi connectivity index (χ3v) is 4.36. The van der Waals surface area contributed by atoms with E-state index in [2.05, 4.69) is 0 Å². The van der Waals surface area contributed by atoms with Crippen LogP contribution in [0.25, 0.3) is 0 Å². The van der Waals surface area contributed by atoms with E-state index < -0.39 is 5.41 Å². The molecule has 2 aliphatic rings. The largest absolute Gasteiger partial charge is 0.466 e. The molecule has 0 heterocycles. The molecule has 2 fully saturated rings. The Morgan fingerprint density at radius 1 is 1.28 bits per heavy atom. The summed E-state index contributed by atoms with van der Waals surface area (Å²) in [6.07, 6.45) is 4.26. The molecule has 0 amide bonds. The number of hydrogen-bond acceptors (Lipinski definition) is 4. The van der Waals surface area contributed by atoms with Crippen LogP contribution in [-0.4, -0.2) is 24.1 Å². The molecule has 0 aromatic carbocycles. The Labute approximate surface area is 107 Å². The first-order valence-electron chi connectivity index (χ1n) is 6.83. The zero-order chi connectivity index (χ0) is 13.2. The van der Waals surface area contributed by atoms with E-state index in [1.165, 1.54) is 0 Å². The second-order valence-corrected chi connectivity index (χ2v) is 5.27. The molecule has 0 bridgehead atoms. The summed E-state index contributed by atoms with van der Waals surface area (Å²) in [4.78, 5) is 35.9. The van der Waals surface area contributed by atoms with Gasteiger partial charge in [0.25, 0.3) is 0 Å². The molecule has 0 N–H and O–H groups in total. The Morgan fingerprint density at radius 3 is 2.56 bits per heavy atom. The van der Waals surface area contributed by atoms with Crippen LogP contribution in [0.15, 0.2) is 0 Å². The van der Waals surface area contributed by atoms with Crippen molar-refractivity contribution in [3.8, 4) is 0 Å². The maximum absolute atomic E-state index is 12.1. The Hall–Kier alpha value is -1.19. The fourth-order valence-electron chi connectivity index (χ4n) is 3.51. The van der Waals surface area contributed by atoms with Gasteiger partial charge in [0.05, 0.1) is 12.0 Å². The molecule has 1 atom stereocenters. The van der Waals surface area contributed by atoms with Gasteiger partial charge in [0.15, 0.2) is 0 Å². The van der Waals surface area contributed by atoms with Gasteiger partial charge < -0.3 is 4.74 Å². The molecule has 18 heavy (non-hydrogen) atoms. The molecule has 100 valence electrons. The monoisotopic (exact) mass is 252 g/mol. The number of rotatable bonds is 3. The van der Waals surface area contributed by atoms with Crippen molar-refractivity contribution in [2.24, 2.45) is 11.3 Å². The zero-order valence-electron chi connectivity index (χ0n) is 10.9. The molecule has 2 aliphatic carbocycles. The van der Waals surface area contributed by atoms with Crippen molar-refractivity contribution >= 4 is 17.5 Å². The van der Waals surface area contributed by atoms with Gasteiger partial charge in [-0.1, -0.05) is 12.8 Å². The highest BCUT2D eigenvalue weighted by Crippen LogP contribution is 2.49. The number of hydrogen-bond donors (Lipinski definition) is 0. The van der Waals surface area contributed by atoms with Gasteiger partial charge in [0, 0.05) is 19.3 Å². The SMILES string of the molecule is CCOC(=O)CC1CCCCC12C(=O)CCC2=O. The van der Waals surface area contributed by atoms with Crippen LogP contribution in [0.4, 0.5) is 0 Å². The zero-order valence-corrected chi connectivity index (χ0v) is 10.9. The normalized spacial score (nSPS) is 26.6. The van der Waals surface area contributed by atoms with Gasteiger partial charge >= 0.3 is 5.97 Å². The summed E-state index contributed by atoms with van der Waals surface area (Å²) in [6, 6.07) is 0. The summed E-state index contributed by atoms with van der Waals surface area (Å²) < 4.78 is 4.96. The average Bonchev–Trinajstić information content (AvgIpc) is 2.62. The van der Waals surface area contributed by atoms with Crippen LogP contribution < -0.4 is 0 Å². The molecule has 4 heteroatoms. The Bertz CT molecular complexity index is 356.